The highest BCUT2D eigenvalue weighted by Crippen LogP contribution is 2.56. The summed E-state index contributed by atoms with van der Waals surface area (Å²) in [5.74, 6) is -1.12. The van der Waals surface area contributed by atoms with E-state index < -0.39 is 34.6 Å². The summed E-state index contributed by atoms with van der Waals surface area (Å²) in [6.45, 7) is 8.29. The molecule has 5 nitrogen and oxygen atoms in total. The largest absolute Gasteiger partial charge is 0.462 e. The predicted molar refractivity (Wildman–Crippen MR) is 81.0 cm³/mol. The second-order valence-electron chi connectivity index (χ2n) is 8.05. The van der Waals surface area contributed by atoms with E-state index in [2.05, 4.69) is 0 Å². The number of ketones is 1. The van der Waals surface area contributed by atoms with Crippen LogP contribution in [0.15, 0.2) is 0 Å². The summed E-state index contributed by atoms with van der Waals surface area (Å²) in [6, 6.07) is 0. The molecule has 2 aliphatic carbocycles. The third-order valence-electron chi connectivity index (χ3n) is 5.76. The Morgan fingerprint density at radius 1 is 1.32 bits per heavy atom. The molecule has 0 aromatic carbocycles. The first-order valence-electron chi connectivity index (χ1n) is 8.05. The highest BCUT2D eigenvalue weighted by molar-refractivity contribution is 5.86. The maximum atomic E-state index is 12.5. The number of esters is 1. The van der Waals surface area contributed by atoms with Crippen molar-refractivity contribution in [3.63, 3.8) is 0 Å². The van der Waals surface area contributed by atoms with Gasteiger partial charge in [-0.1, -0.05) is 6.92 Å². The smallest absolute Gasteiger partial charge is 0.302 e. The van der Waals surface area contributed by atoms with E-state index in [4.69, 9.17) is 4.74 Å². The van der Waals surface area contributed by atoms with Crippen molar-refractivity contribution in [2.45, 2.75) is 77.6 Å². The minimum atomic E-state index is -1.09. The topological polar surface area (TPSA) is 83.8 Å². The van der Waals surface area contributed by atoms with E-state index in [-0.39, 0.29) is 11.7 Å². The standard InChI is InChI=1S/C17H28O5/c1-10(18)22-13-11(15(2,3)20)6-8-16(4)12(19)7-9-17(5,21)14(13)16/h11,13-14,20-21H,6-9H2,1-5H3/t11-,13-,14-,16+,17-/m1/s1. The molecule has 0 unspecified atom stereocenters. The number of fused-ring (bicyclic) bond motifs is 1. The predicted octanol–water partition coefficient (Wildman–Crippen LogP) is 1.84. The van der Waals surface area contributed by atoms with Gasteiger partial charge in [0.2, 0.25) is 0 Å². The lowest BCUT2D eigenvalue weighted by Crippen LogP contribution is -2.64. The van der Waals surface area contributed by atoms with Crippen LogP contribution in [0.2, 0.25) is 0 Å². The zero-order valence-corrected chi connectivity index (χ0v) is 14.2. The molecule has 0 aromatic rings. The van der Waals surface area contributed by atoms with Crippen LogP contribution in [-0.4, -0.2) is 39.3 Å². The molecule has 0 amide bonds. The number of carbonyl (C=O) groups excluding carboxylic acids is 2. The van der Waals surface area contributed by atoms with E-state index in [0.717, 1.165) is 0 Å². The molecule has 126 valence electrons. The van der Waals surface area contributed by atoms with Crippen LogP contribution in [0, 0.1) is 17.3 Å². The van der Waals surface area contributed by atoms with Gasteiger partial charge in [0.15, 0.2) is 0 Å². The Hall–Kier alpha value is -0.940. The van der Waals surface area contributed by atoms with Gasteiger partial charge in [0.1, 0.15) is 11.9 Å². The zero-order valence-electron chi connectivity index (χ0n) is 14.2. The van der Waals surface area contributed by atoms with Gasteiger partial charge in [0, 0.05) is 30.6 Å². The molecule has 5 heteroatoms. The molecular formula is C17H28O5. The molecule has 2 rings (SSSR count). The van der Waals surface area contributed by atoms with Crippen molar-refractivity contribution in [2.24, 2.45) is 17.3 Å². The molecule has 2 fully saturated rings. The van der Waals surface area contributed by atoms with Crippen LogP contribution in [0.25, 0.3) is 0 Å². The number of rotatable bonds is 2. The molecule has 5 atom stereocenters. The van der Waals surface area contributed by atoms with E-state index in [0.29, 0.717) is 25.7 Å². The first-order valence-corrected chi connectivity index (χ1v) is 8.05. The fraction of sp³-hybridized carbons (Fsp3) is 0.882. The molecule has 0 bridgehead atoms. The van der Waals surface area contributed by atoms with Crippen molar-refractivity contribution in [3.05, 3.63) is 0 Å². The molecule has 2 saturated carbocycles. The van der Waals surface area contributed by atoms with E-state index in [1.54, 1.807) is 20.8 Å². The normalized spacial score (nSPS) is 42.7. The van der Waals surface area contributed by atoms with Crippen molar-refractivity contribution in [1.29, 1.82) is 0 Å². The van der Waals surface area contributed by atoms with Crippen LogP contribution in [-0.2, 0) is 14.3 Å². The quantitative estimate of drug-likeness (QED) is 0.760. The molecule has 0 heterocycles. The van der Waals surface area contributed by atoms with Crippen LogP contribution < -0.4 is 0 Å². The lowest BCUT2D eigenvalue weighted by molar-refractivity contribution is -0.215. The molecule has 0 aliphatic heterocycles. The number of carbonyl (C=O) groups is 2. The first kappa shape index (κ1) is 17.4. The molecule has 0 aromatic heterocycles. The summed E-state index contributed by atoms with van der Waals surface area (Å²) >= 11 is 0. The highest BCUT2D eigenvalue weighted by Gasteiger charge is 2.62. The van der Waals surface area contributed by atoms with E-state index in [1.165, 1.54) is 6.92 Å². The van der Waals surface area contributed by atoms with Crippen LogP contribution >= 0.6 is 0 Å². The third-order valence-corrected chi connectivity index (χ3v) is 5.76. The number of hydrogen-bond acceptors (Lipinski definition) is 5. The van der Waals surface area contributed by atoms with Crippen molar-refractivity contribution >= 4 is 11.8 Å². The van der Waals surface area contributed by atoms with Crippen LogP contribution in [0.5, 0.6) is 0 Å². The van der Waals surface area contributed by atoms with Gasteiger partial charge in [0.25, 0.3) is 0 Å². The van der Waals surface area contributed by atoms with Crippen LogP contribution in [0.1, 0.15) is 60.3 Å². The molecule has 0 saturated heterocycles. The van der Waals surface area contributed by atoms with Gasteiger partial charge in [0.05, 0.1) is 11.2 Å². The first-order chi connectivity index (χ1) is 9.89. The second kappa shape index (κ2) is 5.31. The zero-order chi connectivity index (χ0) is 16.9. The Morgan fingerprint density at radius 3 is 2.41 bits per heavy atom. The number of hydrogen-bond donors (Lipinski definition) is 2. The second-order valence-corrected chi connectivity index (χ2v) is 8.05. The Kier molecular flexibility index (Phi) is 4.20. The van der Waals surface area contributed by atoms with Crippen molar-refractivity contribution in [1.82, 2.24) is 0 Å². The molecular weight excluding hydrogens is 284 g/mol. The van der Waals surface area contributed by atoms with Gasteiger partial charge in [-0.2, -0.15) is 0 Å². The lowest BCUT2D eigenvalue weighted by Gasteiger charge is -2.57. The Morgan fingerprint density at radius 2 is 1.91 bits per heavy atom. The minimum absolute atomic E-state index is 0.121. The average molecular weight is 312 g/mol. The van der Waals surface area contributed by atoms with Gasteiger partial charge in [-0.15, -0.1) is 0 Å². The maximum absolute atomic E-state index is 12.5. The van der Waals surface area contributed by atoms with Gasteiger partial charge >= 0.3 is 5.97 Å². The number of aliphatic hydroxyl groups is 2. The monoisotopic (exact) mass is 312 g/mol. The summed E-state index contributed by atoms with van der Waals surface area (Å²) in [6.07, 6.45) is 1.24. The summed E-state index contributed by atoms with van der Waals surface area (Å²) in [4.78, 5) is 24.1. The molecule has 22 heavy (non-hydrogen) atoms. The Balaban J connectivity index is 2.50. The molecule has 0 radical (unpaired) electrons. The SMILES string of the molecule is CC(=O)O[C@@H]1[C@H](C(C)(C)O)CC[C@@]2(C)C(=O)CC[C@@](C)(O)[C@H]12. The lowest BCUT2D eigenvalue weighted by atomic mass is 9.50. The fourth-order valence-corrected chi connectivity index (χ4v) is 4.63. The van der Waals surface area contributed by atoms with Crippen LogP contribution in [0.3, 0.4) is 0 Å². The summed E-state index contributed by atoms with van der Waals surface area (Å²) in [5.41, 5.74) is -2.84. The summed E-state index contributed by atoms with van der Waals surface area (Å²) in [5, 5.41) is 21.4. The van der Waals surface area contributed by atoms with E-state index in [9.17, 15) is 19.8 Å². The Labute approximate surface area is 132 Å². The van der Waals surface area contributed by atoms with Crippen molar-refractivity contribution in [2.75, 3.05) is 0 Å². The van der Waals surface area contributed by atoms with Gasteiger partial charge in [-0.25, -0.2) is 0 Å². The summed E-state index contributed by atoms with van der Waals surface area (Å²) < 4.78 is 5.54. The van der Waals surface area contributed by atoms with E-state index in [1.807, 2.05) is 6.92 Å². The van der Waals surface area contributed by atoms with Gasteiger partial charge < -0.3 is 14.9 Å². The molecule has 2 N–H and O–H groups in total. The number of ether oxygens (including phenoxy) is 1. The highest BCUT2D eigenvalue weighted by atomic mass is 16.5. The fourth-order valence-electron chi connectivity index (χ4n) is 4.63. The average Bonchev–Trinajstić information content (AvgIpc) is 2.32. The molecule has 0 spiro atoms. The van der Waals surface area contributed by atoms with Gasteiger partial charge in [-0.05, 0) is 40.0 Å². The summed E-state index contributed by atoms with van der Waals surface area (Å²) in [7, 11) is 0. The Bertz CT molecular complexity index is 476. The minimum Gasteiger partial charge on any atom is -0.462 e. The third kappa shape index (κ3) is 2.81. The maximum Gasteiger partial charge on any atom is 0.302 e. The number of Topliss-reactive ketones (excluding diaryl/α,β-unsaturated/α-hetero) is 1. The van der Waals surface area contributed by atoms with Crippen LogP contribution in [0.4, 0.5) is 0 Å². The molecule has 2 aliphatic rings. The van der Waals surface area contributed by atoms with Crippen molar-refractivity contribution < 1.29 is 24.5 Å². The van der Waals surface area contributed by atoms with E-state index >= 15 is 0 Å². The van der Waals surface area contributed by atoms with Gasteiger partial charge in [-0.3, -0.25) is 9.59 Å². The van der Waals surface area contributed by atoms with Crippen molar-refractivity contribution in [3.8, 4) is 0 Å².